The van der Waals surface area contributed by atoms with Crippen molar-refractivity contribution in [3.63, 3.8) is 0 Å². The molecule has 40 heavy (non-hydrogen) atoms. The summed E-state index contributed by atoms with van der Waals surface area (Å²) in [4.78, 5) is 22.9. The second kappa shape index (κ2) is 10.1. The van der Waals surface area contributed by atoms with Gasteiger partial charge in [-0.3, -0.25) is 9.48 Å². The average molecular weight is 526 g/mol. The third kappa shape index (κ3) is 4.48. The lowest BCUT2D eigenvalue weighted by atomic mass is 9.96. The number of aryl methyl sites for hydroxylation is 2. The van der Waals surface area contributed by atoms with Gasteiger partial charge in [-0.25, -0.2) is 14.5 Å². The third-order valence-electron chi connectivity index (χ3n) is 7.10. The Bertz CT molecular complexity index is 1960. The van der Waals surface area contributed by atoms with Crippen molar-refractivity contribution in [2.24, 2.45) is 7.05 Å². The highest BCUT2D eigenvalue weighted by molar-refractivity contribution is 6.01. The molecule has 0 saturated carbocycles. The van der Waals surface area contributed by atoms with E-state index in [2.05, 4.69) is 38.4 Å². The van der Waals surface area contributed by atoms with Gasteiger partial charge in [-0.05, 0) is 50.6 Å². The van der Waals surface area contributed by atoms with Crippen LogP contribution in [0.2, 0.25) is 0 Å². The molecule has 1 N–H and O–H groups in total. The van der Waals surface area contributed by atoms with Gasteiger partial charge < -0.3 is 5.32 Å². The van der Waals surface area contributed by atoms with E-state index in [4.69, 9.17) is 4.98 Å². The first-order valence-corrected chi connectivity index (χ1v) is 13.0. The number of nitrogens with zero attached hydrogens (tertiary/aromatic N) is 6. The predicted molar refractivity (Wildman–Crippen MR) is 155 cm³/mol. The van der Waals surface area contributed by atoms with Crippen molar-refractivity contribution in [3.05, 3.63) is 113 Å². The number of rotatable bonds is 4. The summed E-state index contributed by atoms with van der Waals surface area (Å²) in [6, 6.07) is 19.5. The standard InChI is InChI=1S/C32H27N7O/c1-20-29(31-33-16-9-17-39(31)37-20)32(40)35-21(2)30-27(23-10-6-5-7-11-23)18-26-24(12-8-13-28(26)36-30)14-15-25-19-34-38(4)22(25)3/h5-13,16-19,21H,1-4H3,(H,35,40)/t21-/m0/s1. The fraction of sp³-hybridized carbons (Fsp3) is 0.156. The van der Waals surface area contributed by atoms with E-state index in [1.54, 1.807) is 29.2 Å². The summed E-state index contributed by atoms with van der Waals surface area (Å²) >= 11 is 0. The number of fused-ring (bicyclic) bond motifs is 2. The van der Waals surface area contributed by atoms with Crippen molar-refractivity contribution >= 4 is 22.5 Å². The Kier molecular flexibility index (Phi) is 6.33. The molecule has 1 amide bonds. The maximum atomic E-state index is 13.5. The second-order valence-corrected chi connectivity index (χ2v) is 9.72. The minimum Gasteiger partial charge on any atom is -0.344 e. The number of hydrogen-bond donors (Lipinski definition) is 1. The molecule has 0 unspecified atom stereocenters. The van der Waals surface area contributed by atoms with Gasteiger partial charge in [0.15, 0.2) is 5.65 Å². The summed E-state index contributed by atoms with van der Waals surface area (Å²) in [5.41, 5.74) is 7.88. The molecule has 1 atom stereocenters. The molecule has 6 rings (SSSR count). The molecule has 0 bridgehead atoms. The highest BCUT2D eigenvalue weighted by Crippen LogP contribution is 2.32. The van der Waals surface area contributed by atoms with Crippen molar-refractivity contribution in [1.82, 2.24) is 34.7 Å². The molecule has 0 aliphatic heterocycles. The Morgan fingerprint density at radius 1 is 1.00 bits per heavy atom. The summed E-state index contributed by atoms with van der Waals surface area (Å²) in [6.07, 6.45) is 5.22. The molecule has 0 saturated heterocycles. The van der Waals surface area contributed by atoms with Crippen LogP contribution in [0.3, 0.4) is 0 Å². The Labute approximate surface area is 231 Å². The Morgan fingerprint density at radius 3 is 2.58 bits per heavy atom. The molecule has 0 fully saturated rings. The molecular formula is C32H27N7O. The molecule has 0 radical (unpaired) electrons. The van der Waals surface area contributed by atoms with Crippen LogP contribution in [0.4, 0.5) is 0 Å². The maximum Gasteiger partial charge on any atom is 0.257 e. The highest BCUT2D eigenvalue weighted by Gasteiger charge is 2.23. The van der Waals surface area contributed by atoms with E-state index < -0.39 is 6.04 Å². The van der Waals surface area contributed by atoms with Gasteiger partial charge in [0.05, 0.1) is 40.4 Å². The fourth-order valence-electron chi connectivity index (χ4n) is 4.85. The van der Waals surface area contributed by atoms with E-state index in [1.807, 2.05) is 81.0 Å². The lowest BCUT2D eigenvalue weighted by molar-refractivity contribution is 0.0940. The van der Waals surface area contributed by atoms with Gasteiger partial charge in [0.1, 0.15) is 5.56 Å². The van der Waals surface area contributed by atoms with Crippen molar-refractivity contribution < 1.29 is 4.79 Å². The van der Waals surface area contributed by atoms with E-state index >= 15 is 0 Å². The van der Waals surface area contributed by atoms with Crippen LogP contribution in [0.1, 0.15) is 51.5 Å². The molecule has 8 heteroatoms. The van der Waals surface area contributed by atoms with Crippen molar-refractivity contribution in [2.45, 2.75) is 26.8 Å². The van der Waals surface area contributed by atoms with Gasteiger partial charge in [-0.2, -0.15) is 10.2 Å². The molecule has 0 spiro atoms. The first-order valence-electron chi connectivity index (χ1n) is 13.0. The molecule has 196 valence electrons. The number of aromatic nitrogens is 6. The largest absolute Gasteiger partial charge is 0.344 e. The zero-order chi connectivity index (χ0) is 27.8. The molecule has 2 aromatic carbocycles. The van der Waals surface area contributed by atoms with Gasteiger partial charge >= 0.3 is 0 Å². The van der Waals surface area contributed by atoms with Gasteiger partial charge in [0, 0.05) is 36.0 Å². The van der Waals surface area contributed by atoms with Crippen molar-refractivity contribution in [1.29, 1.82) is 0 Å². The SMILES string of the molecule is Cc1nn2cccnc2c1C(=O)N[C@@H](C)c1nc2cccc(C#Cc3cnn(C)c3C)c2cc1-c1ccccc1. The van der Waals surface area contributed by atoms with Crippen LogP contribution >= 0.6 is 0 Å². The smallest absolute Gasteiger partial charge is 0.257 e. The van der Waals surface area contributed by atoms with Crippen molar-refractivity contribution in [3.8, 4) is 23.0 Å². The summed E-state index contributed by atoms with van der Waals surface area (Å²) in [6.45, 7) is 5.76. The minimum absolute atomic E-state index is 0.244. The number of hydrogen-bond acceptors (Lipinski definition) is 5. The van der Waals surface area contributed by atoms with Crippen LogP contribution in [0.5, 0.6) is 0 Å². The number of nitrogens with one attached hydrogen (secondary N) is 1. The molecule has 6 aromatic rings. The van der Waals surface area contributed by atoms with Gasteiger partial charge in [0.25, 0.3) is 5.91 Å². The fourth-order valence-corrected chi connectivity index (χ4v) is 4.85. The maximum absolute atomic E-state index is 13.5. The lowest BCUT2D eigenvalue weighted by Gasteiger charge is -2.19. The summed E-state index contributed by atoms with van der Waals surface area (Å²) in [5.74, 6) is 6.35. The lowest BCUT2D eigenvalue weighted by Crippen LogP contribution is -2.28. The number of pyridine rings is 1. The minimum atomic E-state index is -0.391. The van der Waals surface area contributed by atoms with E-state index in [1.165, 1.54) is 0 Å². The summed E-state index contributed by atoms with van der Waals surface area (Å²) in [5, 5.41) is 12.8. The molecule has 8 nitrogen and oxygen atoms in total. The monoisotopic (exact) mass is 525 g/mol. The van der Waals surface area contributed by atoms with Crippen LogP contribution in [0.15, 0.2) is 79.3 Å². The molecular weight excluding hydrogens is 498 g/mol. The zero-order valence-corrected chi connectivity index (χ0v) is 22.7. The van der Waals surface area contributed by atoms with Crippen molar-refractivity contribution in [2.75, 3.05) is 0 Å². The van der Waals surface area contributed by atoms with E-state index in [9.17, 15) is 4.79 Å². The first kappa shape index (κ1) is 25.0. The van der Waals surface area contributed by atoms with Gasteiger partial charge in [0.2, 0.25) is 0 Å². The highest BCUT2D eigenvalue weighted by atomic mass is 16.1. The van der Waals surface area contributed by atoms with E-state index in [0.717, 1.165) is 44.5 Å². The summed E-state index contributed by atoms with van der Waals surface area (Å²) < 4.78 is 3.43. The molecule has 0 aliphatic carbocycles. The Balaban J connectivity index is 1.43. The normalized spacial score (nSPS) is 11.8. The van der Waals surface area contributed by atoms with Gasteiger partial charge in [-0.15, -0.1) is 0 Å². The second-order valence-electron chi connectivity index (χ2n) is 9.72. The van der Waals surface area contributed by atoms with Crippen LogP contribution < -0.4 is 5.32 Å². The van der Waals surface area contributed by atoms with Gasteiger partial charge in [-0.1, -0.05) is 48.2 Å². The van der Waals surface area contributed by atoms with Crippen LogP contribution in [-0.4, -0.2) is 35.3 Å². The number of amides is 1. The Morgan fingerprint density at radius 2 is 1.80 bits per heavy atom. The first-order chi connectivity index (χ1) is 19.4. The number of carbonyl (C=O) groups is 1. The predicted octanol–water partition coefficient (Wildman–Crippen LogP) is 5.19. The van der Waals surface area contributed by atoms with Crippen LogP contribution in [0.25, 0.3) is 27.7 Å². The third-order valence-corrected chi connectivity index (χ3v) is 7.10. The zero-order valence-electron chi connectivity index (χ0n) is 22.7. The van der Waals surface area contributed by atoms with Crippen LogP contribution in [0, 0.1) is 25.7 Å². The van der Waals surface area contributed by atoms with E-state index in [0.29, 0.717) is 16.9 Å². The topological polar surface area (TPSA) is 90.0 Å². The number of benzene rings is 2. The summed E-state index contributed by atoms with van der Waals surface area (Å²) in [7, 11) is 1.91. The van der Waals surface area contributed by atoms with Crippen LogP contribution in [-0.2, 0) is 7.05 Å². The molecule has 0 aliphatic rings. The quantitative estimate of drug-likeness (QED) is 0.320. The Hall–Kier alpha value is -5.29. The van der Waals surface area contributed by atoms with E-state index in [-0.39, 0.29) is 5.91 Å². The molecule has 4 aromatic heterocycles. The average Bonchev–Trinajstić information content (AvgIpc) is 3.48. The molecule has 4 heterocycles. The number of carbonyl (C=O) groups excluding carboxylic acids is 1.